The van der Waals surface area contributed by atoms with Gasteiger partial charge in [0, 0.05) is 32.5 Å². The van der Waals surface area contributed by atoms with E-state index in [1.807, 2.05) is 18.2 Å². The molecule has 2 atom stereocenters. The van der Waals surface area contributed by atoms with Gasteiger partial charge in [-0.1, -0.05) is 30.3 Å². The zero-order valence-electron chi connectivity index (χ0n) is 19.3. The number of aliphatic imine (C=N–C) groups is 1. The fraction of sp³-hybridized carbons (Fsp3) is 0.333. The highest BCUT2D eigenvalue weighted by Crippen LogP contribution is 2.37. The first-order valence-corrected chi connectivity index (χ1v) is 10.9. The van der Waals surface area contributed by atoms with Gasteiger partial charge in [-0.15, -0.1) is 0 Å². The lowest BCUT2D eigenvalue weighted by atomic mass is 9.99. The van der Waals surface area contributed by atoms with Gasteiger partial charge in [0.15, 0.2) is 11.9 Å². The quantitative estimate of drug-likeness (QED) is 0.220. The molecule has 1 amide bonds. The molecule has 0 aromatic heterocycles. The van der Waals surface area contributed by atoms with E-state index in [-0.39, 0.29) is 30.8 Å². The number of nitrogens with two attached hydrogens (primary N) is 3. The fourth-order valence-electron chi connectivity index (χ4n) is 4.07. The third-order valence-corrected chi connectivity index (χ3v) is 5.98. The van der Waals surface area contributed by atoms with Crippen molar-refractivity contribution in [1.29, 1.82) is 5.41 Å². The van der Waals surface area contributed by atoms with E-state index in [1.165, 1.54) is 6.07 Å². The lowest BCUT2D eigenvalue weighted by Crippen LogP contribution is -2.38. The van der Waals surface area contributed by atoms with Gasteiger partial charge in [-0.25, -0.2) is 4.39 Å². The maximum atomic E-state index is 13.8. The molecule has 0 bridgehead atoms. The van der Waals surface area contributed by atoms with Crippen LogP contribution in [0.3, 0.4) is 0 Å². The van der Waals surface area contributed by atoms with E-state index in [9.17, 15) is 14.0 Å². The van der Waals surface area contributed by atoms with Gasteiger partial charge in [0.1, 0.15) is 5.82 Å². The molecule has 34 heavy (non-hydrogen) atoms. The molecule has 3 rings (SSSR count). The van der Waals surface area contributed by atoms with E-state index < -0.39 is 23.5 Å². The predicted molar refractivity (Wildman–Crippen MR) is 128 cm³/mol. The topological polar surface area (TPSA) is 164 Å². The van der Waals surface area contributed by atoms with Crippen LogP contribution in [0.4, 0.5) is 4.39 Å². The van der Waals surface area contributed by atoms with E-state index in [0.717, 1.165) is 16.7 Å². The number of carbonyl (C=O) groups is 2. The van der Waals surface area contributed by atoms with Crippen LogP contribution in [0.15, 0.2) is 41.4 Å². The minimum absolute atomic E-state index is 0.0387. The highest BCUT2D eigenvalue weighted by atomic mass is 19.1. The molecule has 180 valence electrons. The summed E-state index contributed by atoms with van der Waals surface area (Å²) < 4.78 is 13.8. The third-order valence-electron chi connectivity index (χ3n) is 5.98. The first kappa shape index (κ1) is 24.7. The van der Waals surface area contributed by atoms with Crippen LogP contribution in [0.1, 0.15) is 33.9 Å². The van der Waals surface area contributed by atoms with E-state index in [1.54, 1.807) is 31.0 Å². The molecule has 0 saturated heterocycles. The number of nitrogens with one attached hydrogen (secondary N) is 2. The van der Waals surface area contributed by atoms with Crippen LogP contribution in [-0.2, 0) is 29.0 Å². The zero-order chi connectivity index (χ0) is 25.0. The van der Waals surface area contributed by atoms with Gasteiger partial charge >= 0.3 is 0 Å². The fourth-order valence-corrected chi connectivity index (χ4v) is 4.07. The average Bonchev–Trinajstić information content (AvgIpc) is 3.11. The Morgan fingerprint density at radius 1 is 1.18 bits per heavy atom. The number of benzene rings is 2. The number of rotatable bonds is 8. The molecule has 9 nitrogen and oxygen atoms in total. The van der Waals surface area contributed by atoms with Crippen molar-refractivity contribution in [3.8, 4) is 0 Å². The normalized spacial score (nSPS) is 16.4. The Kier molecular flexibility index (Phi) is 7.50. The van der Waals surface area contributed by atoms with Crippen molar-refractivity contribution in [1.82, 2.24) is 10.2 Å². The van der Waals surface area contributed by atoms with Crippen molar-refractivity contribution in [2.45, 2.75) is 32.4 Å². The smallest absolute Gasteiger partial charge is 0.288 e. The summed E-state index contributed by atoms with van der Waals surface area (Å²) in [5.41, 5.74) is 20.3. The molecule has 1 aliphatic rings. The van der Waals surface area contributed by atoms with Crippen LogP contribution in [0.5, 0.6) is 0 Å². The molecule has 0 unspecified atom stereocenters. The van der Waals surface area contributed by atoms with Gasteiger partial charge in [-0.3, -0.25) is 20.0 Å². The number of ketones is 1. The number of nitrogens with zero attached hydrogens (tertiary/aromatic N) is 2. The molecule has 2 aromatic rings. The summed E-state index contributed by atoms with van der Waals surface area (Å²) >= 11 is 0. The van der Waals surface area contributed by atoms with Crippen LogP contribution < -0.4 is 22.5 Å². The molecule has 0 radical (unpaired) electrons. The third kappa shape index (κ3) is 5.89. The van der Waals surface area contributed by atoms with Crippen molar-refractivity contribution in [2.75, 3.05) is 13.6 Å². The largest absolute Gasteiger partial charge is 0.370 e. The van der Waals surface area contributed by atoms with Gasteiger partial charge < -0.3 is 27.4 Å². The highest BCUT2D eigenvalue weighted by molar-refractivity contribution is 6.36. The number of hydrogen-bond donors (Lipinski definition) is 5. The number of halogens is 1. The number of hydrogen-bond acceptors (Lipinski definition) is 4. The molecule has 0 aliphatic heterocycles. The number of aryl methyl sites for hydroxylation is 1. The lowest BCUT2D eigenvalue weighted by molar-refractivity contribution is -0.138. The molecular formula is C24H30FN7O2. The summed E-state index contributed by atoms with van der Waals surface area (Å²) in [5.74, 6) is -2.05. The Bertz CT molecular complexity index is 1140. The maximum Gasteiger partial charge on any atom is 0.288 e. The van der Waals surface area contributed by atoms with Crippen molar-refractivity contribution >= 4 is 23.6 Å². The van der Waals surface area contributed by atoms with Crippen LogP contribution in [0, 0.1) is 24.1 Å². The van der Waals surface area contributed by atoms with Crippen LogP contribution in [0.2, 0.25) is 0 Å². The first-order valence-electron chi connectivity index (χ1n) is 10.9. The van der Waals surface area contributed by atoms with Crippen molar-refractivity contribution in [3.05, 3.63) is 70.0 Å². The first-order chi connectivity index (χ1) is 16.0. The maximum absolute atomic E-state index is 13.8. The molecule has 0 heterocycles. The van der Waals surface area contributed by atoms with E-state index in [0.29, 0.717) is 24.1 Å². The summed E-state index contributed by atoms with van der Waals surface area (Å²) in [6.07, 6.45) is 0.406. The Hall–Kier alpha value is -3.95. The summed E-state index contributed by atoms with van der Waals surface area (Å²) in [6, 6.07) is 9.83. The van der Waals surface area contributed by atoms with Crippen molar-refractivity contribution < 1.29 is 14.0 Å². The second-order valence-corrected chi connectivity index (χ2v) is 8.64. The van der Waals surface area contributed by atoms with Gasteiger partial charge in [0.25, 0.3) is 5.91 Å². The SMILES string of the molecule is Cc1ccc(CC(=O)C(=O)N[C@H]2c3ccc(CN(C)C(=N)N)cc3C[C@@H]2CN=C(N)N)cc1F. The highest BCUT2D eigenvalue weighted by Gasteiger charge is 2.34. The van der Waals surface area contributed by atoms with Crippen LogP contribution >= 0.6 is 0 Å². The van der Waals surface area contributed by atoms with Gasteiger partial charge in [0.2, 0.25) is 5.78 Å². The predicted octanol–water partition coefficient (Wildman–Crippen LogP) is 0.874. The molecule has 10 heteroatoms. The zero-order valence-corrected chi connectivity index (χ0v) is 19.3. The van der Waals surface area contributed by atoms with Crippen LogP contribution in [0.25, 0.3) is 0 Å². The summed E-state index contributed by atoms with van der Waals surface area (Å²) in [6.45, 7) is 2.37. The van der Waals surface area contributed by atoms with Crippen molar-refractivity contribution in [3.63, 3.8) is 0 Å². The van der Waals surface area contributed by atoms with Crippen LogP contribution in [-0.4, -0.2) is 42.1 Å². The summed E-state index contributed by atoms with van der Waals surface area (Å²) in [7, 11) is 1.73. The van der Waals surface area contributed by atoms with E-state index in [2.05, 4.69) is 10.3 Å². The Labute approximate surface area is 197 Å². The average molecular weight is 468 g/mol. The number of guanidine groups is 2. The molecule has 1 aliphatic carbocycles. The lowest BCUT2D eigenvalue weighted by Gasteiger charge is -2.21. The standard InChI is InChI=1S/C24H30FN7O2/c1-13-3-4-14(8-19(13)25)9-20(33)22(34)31-21-17(11-30-23(26)27)10-16-7-15(5-6-18(16)21)12-32(2)24(28)29/h3-8,17,21H,9-12H2,1-2H3,(H3,28,29)(H,31,34)(H4,26,27,30)/t17-,21-/m1/s1. The number of carbonyl (C=O) groups excluding carboxylic acids is 2. The second-order valence-electron chi connectivity index (χ2n) is 8.64. The summed E-state index contributed by atoms with van der Waals surface area (Å²) in [4.78, 5) is 31.1. The number of amides is 1. The molecule has 0 spiro atoms. The van der Waals surface area contributed by atoms with E-state index in [4.69, 9.17) is 22.6 Å². The second kappa shape index (κ2) is 10.3. The Balaban J connectivity index is 1.78. The van der Waals surface area contributed by atoms with E-state index >= 15 is 0 Å². The minimum Gasteiger partial charge on any atom is -0.370 e. The monoisotopic (exact) mass is 467 g/mol. The molecule has 0 saturated carbocycles. The number of Topliss-reactive ketones (excluding diaryl/α,β-unsaturated/α-hetero) is 1. The Morgan fingerprint density at radius 3 is 2.53 bits per heavy atom. The van der Waals surface area contributed by atoms with Gasteiger partial charge in [-0.05, 0) is 47.2 Å². The Morgan fingerprint density at radius 2 is 1.88 bits per heavy atom. The number of fused-ring (bicyclic) bond motifs is 1. The summed E-state index contributed by atoms with van der Waals surface area (Å²) in [5, 5.41) is 10.4. The molecule has 2 aromatic carbocycles. The molecule has 8 N–H and O–H groups in total. The minimum atomic E-state index is -0.742. The molecule has 0 fully saturated rings. The van der Waals surface area contributed by atoms with Gasteiger partial charge in [0.05, 0.1) is 6.04 Å². The molecular weight excluding hydrogens is 437 g/mol. The van der Waals surface area contributed by atoms with Gasteiger partial charge in [-0.2, -0.15) is 0 Å². The van der Waals surface area contributed by atoms with Crippen molar-refractivity contribution in [2.24, 2.45) is 28.1 Å².